The molecule has 8 heteroatoms. The van der Waals surface area contributed by atoms with Gasteiger partial charge >= 0.3 is 6.09 Å². The minimum atomic E-state index is -0.905. The first-order valence-electron chi connectivity index (χ1n) is 12.6. The van der Waals surface area contributed by atoms with Crippen LogP contribution in [0.15, 0.2) is 41.0 Å². The van der Waals surface area contributed by atoms with Gasteiger partial charge in [-0.1, -0.05) is 12.1 Å². The van der Waals surface area contributed by atoms with Gasteiger partial charge in [0.05, 0.1) is 11.3 Å². The zero-order chi connectivity index (χ0) is 25.4. The van der Waals surface area contributed by atoms with Crippen molar-refractivity contribution in [3.63, 3.8) is 0 Å². The van der Waals surface area contributed by atoms with Gasteiger partial charge in [-0.15, -0.1) is 0 Å². The number of carbonyl (C=O) groups excluding carboxylic acids is 2. The Balaban J connectivity index is 1.48. The predicted octanol–water partition coefficient (Wildman–Crippen LogP) is 3.74. The molecule has 0 spiro atoms. The van der Waals surface area contributed by atoms with Crippen molar-refractivity contribution in [1.82, 2.24) is 5.32 Å². The van der Waals surface area contributed by atoms with E-state index in [0.29, 0.717) is 41.6 Å². The van der Waals surface area contributed by atoms with Crippen molar-refractivity contribution in [1.29, 1.82) is 0 Å². The number of aliphatic imine (C=N–C) groups is 1. The number of alkyl carbamates (subject to hydrolysis) is 1. The van der Waals surface area contributed by atoms with Gasteiger partial charge in [0.2, 0.25) is 5.91 Å². The van der Waals surface area contributed by atoms with Crippen LogP contribution < -0.4 is 16.4 Å². The van der Waals surface area contributed by atoms with Crippen molar-refractivity contribution in [3.05, 3.63) is 41.6 Å². The Morgan fingerprint density at radius 2 is 1.71 bits per heavy atom. The molecule has 0 aliphatic heterocycles. The molecule has 3 saturated carbocycles. The second kappa shape index (κ2) is 9.64. The van der Waals surface area contributed by atoms with Crippen molar-refractivity contribution in [2.75, 3.05) is 12.4 Å². The van der Waals surface area contributed by atoms with Crippen LogP contribution in [0.2, 0.25) is 0 Å². The molecule has 2 amide bonds. The van der Waals surface area contributed by atoms with E-state index in [9.17, 15) is 14.7 Å². The van der Waals surface area contributed by atoms with Gasteiger partial charge in [0.1, 0.15) is 11.6 Å². The SMILES string of the molecule is CN=C(/C(=C\N)C1(O)CC1)c1ccc(NC(=O)C(NC(=O)OC(C)(C)C)C(C2CC2)C2CC2)cc1. The highest BCUT2D eigenvalue weighted by molar-refractivity contribution is 6.14. The molecule has 5 N–H and O–H groups in total. The third kappa shape index (κ3) is 6.23. The second-order valence-electron chi connectivity index (χ2n) is 11.1. The summed E-state index contributed by atoms with van der Waals surface area (Å²) >= 11 is 0. The fraction of sp³-hybridized carbons (Fsp3) is 0.593. The number of rotatable bonds is 9. The van der Waals surface area contributed by atoms with Gasteiger partial charge in [-0.25, -0.2) is 4.79 Å². The summed E-state index contributed by atoms with van der Waals surface area (Å²) in [6.45, 7) is 5.43. The average molecular weight is 483 g/mol. The van der Waals surface area contributed by atoms with Crippen LogP contribution in [0, 0.1) is 17.8 Å². The predicted molar refractivity (Wildman–Crippen MR) is 136 cm³/mol. The van der Waals surface area contributed by atoms with E-state index >= 15 is 0 Å². The van der Waals surface area contributed by atoms with Crippen molar-refractivity contribution in [2.24, 2.45) is 28.5 Å². The number of hydrogen-bond acceptors (Lipinski definition) is 6. The molecule has 3 fully saturated rings. The number of nitrogens with one attached hydrogen (secondary N) is 2. The zero-order valence-corrected chi connectivity index (χ0v) is 21.1. The molecule has 0 bridgehead atoms. The average Bonchev–Trinajstić information content (AvgIpc) is 3.63. The molecule has 8 nitrogen and oxygen atoms in total. The van der Waals surface area contributed by atoms with Crippen molar-refractivity contribution >= 4 is 23.4 Å². The van der Waals surface area contributed by atoms with Crippen LogP contribution in [-0.2, 0) is 9.53 Å². The summed E-state index contributed by atoms with van der Waals surface area (Å²) in [5, 5.41) is 16.4. The summed E-state index contributed by atoms with van der Waals surface area (Å²) < 4.78 is 5.46. The number of amides is 2. The third-order valence-corrected chi connectivity index (χ3v) is 6.97. The monoisotopic (exact) mass is 482 g/mol. The molecular formula is C27H38N4O4. The Labute approximate surface area is 207 Å². The summed E-state index contributed by atoms with van der Waals surface area (Å²) in [6, 6.07) is 6.66. The van der Waals surface area contributed by atoms with E-state index in [2.05, 4.69) is 15.6 Å². The molecule has 3 aliphatic carbocycles. The molecule has 0 saturated heterocycles. The Bertz CT molecular complexity index is 1000. The number of nitrogens with zero attached hydrogens (tertiary/aromatic N) is 1. The minimum absolute atomic E-state index is 0.122. The van der Waals surface area contributed by atoms with Crippen LogP contribution in [-0.4, -0.2) is 47.1 Å². The Hall–Kier alpha value is -2.87. The lowest BCUT2D eigenvalue weighted by Crippen LogP contribution is -2.51. The van der Waals surface area contributed by atoms with Gasteiger partial charge in [0.15, 0.2) is 0 Å². The standard InChI is InChI=1S/C27H38N4O4/c1-26(2,3)35-25(33)31-23(21(16-5-6-16)17-7-8-17)24(32)30-19-11-9-18(10-12-19)22(29-4)20(15-28)27(34)13-14-27/h9-12,15-17,21,23,34H,5-8,13-14,28H2,1-4H3,(H,30,32)(H,31,33)/b20-15+,29-22?. The lowest BCUT2D eigenvalue weighted by atomic mass is 9.88. The van der Waals surface area contributed by atoms with Crippen molar-refractivity contribution in [3.8, 4) is 0 Å². The molecule has 4 rings (SSSR count). The highest BCUT2D eigenvalue weighted by atomic mass is 16.6. The molecule has 35 heavy (non-hydrogen) atoms. The smallest absolute Gasteiger partial charge is 0.408 e. The lowest BCUT2D eigenvalue weighted by molar-refractivity contribution is -0.120. The molecular weight excluding hydrogens is 444 g/mol. The van der Waals surface area contributed by atoms with Crippen LogP contribution in [0.1, 0.15) is 64.9 Å². The van der Waals surface area contributed by atoms with E-state index in [1.54, 1.807) is 19.2 Å². The number of benzene rings is 1. The Morgan fingerprint density at radius 1 is 1.14 bits per heavy atom. The first-order valence-corrected chi connectivity index (χ1v) is 12.6. The van der Waals surface area contributed by atoms with Crippen LogP contribution in [0.25, 0.3) is 0 Å². The first kappa shape index (κ1) is 25.2. The number of carbonyl (C=O) groups is 2. The summed E-state index contributed by atoms with van der Waals surface area (Å²) in [4.78, 5) is 30.4. The highest BCUT2D eigenvalue weighted by Gasteiger charge is 2.49. The Morgan fingerprint density at radius 3 is 2.14 bits per heavy atom. The highest BCUT2D eigenvalue weighted by Crippen LogP contribution is 2.51. The number of nitrogens with two attached hydrogens (primary N) is 1. The van der Waals surface area contributed by atoms with Crippen LogP contribution in [0.4, 0.5) is 10.5 Å². The fourth-order valence-corrected chi connectivity index (χ4v) is 4.84. The molecule has 1 unspecified atom stereocenters. The van der Waals surface area contributed by atoms with Crippen LogP contribution >= 0.6 is 0 Å². The molecule has 190 valence electrons. The molecule has 1 aromatic rings. The van der Waals surface area contributed by atoms with E-state index in [0.717, 1.165) is 31.2 Å². The maximum Gasteiger partial charge on any atom is 0.408 e. The van der Waals surface area contributed by atoms with Gasteiger partial charge in [0.25, 0.3) is 0 Å². The normalized spacial score (nSPS) is 20.9. The number of aliphatic hydroxyl groups is 1. The van der Waals surface area contributed by atoms with Gasteiger partial charge < -0.3 is 26.2 Å². The van der Waals surface area contributed by atoms with Gasteiger partial charge in [0, 0.05) is 30.1 Å². The quantitative estimate of drug-likeness (QED) is 0.399. The molecule has 1 aromatic carbocycles. The summed E-state index contributed by atoms with van der Waals surface area (Å²) in [6.07, 6.45) is 6.57. The maximum atomic E-state index is 13.4. The van der Waals surface area contributed by atoms with Gasteiger partial charge in [-0.3, -0.25) is 9.79 Å². The molecule has 1 atom stereocenters. The van der Waals surface area contributed by atoms with E-state index in [4.69, 9.17) is 10.5 Å². The van der Waals surface area contributed by atoms with Crippen LogP contribution in [0.5, 0.6) is 0 Å². The summed E-state index contributed by atoms with van der Waals surface area (Å²) in [5.74, 6) is 0.825. The van der Waals surface area contributed by atoms with Crippen molar-refractivity contribution < 1.29 is 19.4 Å². The topological polar surface area (TPSA) is 126 Å². The van der Waals surface area contributed by atoms with E-state index < -0.39 is 23.3 Å². The number of hydrogen-bond donors (Lipinski definition) is 4. The number of ether oxygens (including phenoxy) is 1. The minimum Gasteiger partial charge on any atom is -0.444 e. The zero-order valence-electron chi connectivity index (χ0n) is 21.1. The molecule has 0 aromatic heterocycles. The van der Waals surface area contributed by atoms with Crippen molar-refractivity contribution in [2.45, 2.75) is 76.5 Å². The van der Waals surface area contributed by atoms with Gasteiger partial charge in [-0.05, 0) is 89.2 Å². The summed E-state index contributed by atoms with van der Waals surface area (Å²) in [5.41, 5.74) is 6.94. The van der Waals surface area contributed by atoms with E-state index in [-0.39, 0.29) is 11.8 Å². The lowest BCUT2D eigenvalue weighted by Gasteiger charge is -2.29. The Kier molecular flexibility index (Phi) is 6.95. The largest absolute Gasteiger partial charge is 0.444 e. The molecule has 0 radical (unpaired) electrons. The summed E-state index contributed by atoms with van der Waals surface area (Å²) in [7, 11) is 1.67. The maximum absolute atomic E-state index is 13.4. The fourth-order valence-electron chi connectivity index (χ4n) is 4.84. The molecule has 3 aliphatic rings. The van der Waals surface area contributed by atoms with Gasteiger partial charge in [-0.2, -0.15) is 0 Å². The van der Waals surface area contributed by atoms with E-state index in [1.807, 2.05) is 32.9 Å². The molecule has 0 heterocycles. The third-order valence-electron chi connectivity index (χ3n) is 6.97. The van der Waals surface area contributed by atoms with E-state index in [1.165, 1.54) is 6.20 Å². The number of anilines is 1. The second-order valence-corrected chi connectivity index (χ2v) is 11.1. The first-order chi connectivity index (χ1) is 16.5. The van der Waals surface area contributed by atoms with Crippen LogP contribution in [0.3, 0.4) is 0 Å².